The Morgan fingerprint density at radius 3 is 2.50 bits per heavy atom. The smallest absolute Gasteiger partial charge is 0.338 e. The number of carbonyl (C=O) groups is 1. The number of rotatable bonds is 3. The lowest BCUT2D eigenvalue weighted by atomic mass is 10.2. The molecule has 2 N–H and O–H groups in total. The molecule has 0 bridgehead atoms. The van der Waals surface area contributed by atoms with Gasteiger partial charge < -0.3 is 10.2 Å². The maximum atomic E-state index is 12.4. The van der Waals surface area contributed by atoms with E-state index in [4.69, 9.17) is 28.3 Å². The summed E-state index contributed by atoms with van der Waals surface area (Å²) in [6.45, 7) is 0.120. The van der Waals surface area contributed by atoms with Gasteiger partial charge in [0.2, 0.25) is 10.0 Å². The normalized spacial score (nSPS) is 20.2. The summed E-state index contributed by atoms with van der Waals surface area (Å²) in [7, 11) is -3.96. The summed E-state index contributed by atoms with van der Waals surface area (Å²) in [5.41, 5.74) is -0.450. The van der Waals surface area contributed by atoms with Crippen LogP contribution in [0.4, 0.5) is 0 Å². The van der Waals surface area contributed by atoms with Gasteiger partial charge in [0.15, 0.2) is 0 Å². The number of halogens is 2. The average molecular weight is 340 g/mol. The van der Waals surface area contributed by atoms with E-state index in [1.165, 1.54) is 6.07 Å². The molecular weight excluding hydrogens is 329 g/mol. The van der Waals surface area contributed by atoms with Crippen LogP contribution >= 0.6 is 23.2 Å². The first-order valence-electron chi connectivity index (χ1n) is 5.64. The zero-order valence-electron chi connectivity index (χ0n) is 10.1. The van der Waals surface area contributed by atoms with Gasteiger partial charge in [0.25, 0.3) is 0 Å². The molecule has 1 atom stereocenters. The van der Waals surface area contributed by atoms with Gasteiger partial charge in [-0.3, -0.25) is 0 Å². The Morgan fingerprint density at radius 1 is 1.35 bits per heavy atom. The summed E-state index contributed by atoms with van der Waals surface area (Å²) < 4.78 is 25.8. The van der Waals surface area contributed by atoms with Crippen LogP contribution < -0.4 is 0 Å². The van der Waals surface area contributed by atoms with Crippen molar-refractivity contribution in [3.05, 3.63) is 27.7 Å². The van der Waals surface area contributed by atoms with Gasteiger partial charge in [0.1, 0.15) is 4.90 Å². The third-order valence-corrected chi connectivity index (χ3v) is 5.74. The number of hydrogen-bond donors (Lipinski definition) is 2. The maximum Gasteiger partial charge on any atom is 0.338 e. The molecule has 1 aliphatic rings. The molecule has 0 aromatic heterocycles. The van der Waals surface area contributed by atoms with Crippen LogP contribution in [0.15, 0.2) is 17.0 Å². The standard InChI is InChI=1S/C11H11Cl2NO5S/c12-7-1-2-8(10(13)9(7)11(16)17)20(18,19)14-4-3-6(15)5-14/h1-2,6,15H,3-5H2,(H,16,17)/t6-/m1/s1. The van der Waals surface area contributed by atoms with Crippen LogP contribution in [-0.4, -0.2) is 48.1 Å². The van der Waals surface area contributed by atoms with Gasteiger partial charge in [0.05, 0.1) is 21.7 Å². The van der Waals surface area contributed by atoms with E-state index in [1.807, 2.05) is 0 Å². The number of aromatic carboxylic acids is 1. The summed E-state index contributed by atoms with van der Waals surface area (Å²) in [4.78, 5) is 10.8. The van der Waals surface area contributed by atoms with Crippen molar-refractivity contribution < 1.29 is 23.4 Å². The van der Waals surface area contributed by atoms with Crippen molar-refractivity contribution in [1.29, 1.82) is 0 Å². The second-order valence-electron chi connectivity index (χ2n) is 4.35. The first kappa shape index (κ1) is 15.5. The van der Waals surface area contributed by atoms with Crippen molar-refractivity contribution in [3.8, 4) is 0 Å². The van der Waals surface area contributed by atoms with E-state index < -0.39 is 32.7 Å². The van der Waals surface area contributed by atoms with Crippen molar-refractivity contribution in [3.63, 3.8) is 0 Å². The van der Waals surface area contributed by atoms with Crippen molar-refractivity contribution >= 4 is 39.2 Å². The molecule has 0 aliphatic carbocycles. The highest BCUT2D eigenvalue weighted by Gasteiger charge is 2.34. The molecule has 1 heterocycles. The number of sulfonamides is 1. The molecule has 0 saturated carbocycles. The molecular formula is C11H11Cl2NO5S. The van der Waals surface area contributed by atoms with Gasteiger partial charge in [-0.2, -0.15) is 4.31 Å². The molecule has 0 amide bonds. The topological polar surface area (TPSA) is 94.9 Å². The van der Waals surface area contributed by atoms with Gasteiger partial charge in [0, 0.05) is 13.1 Å². The fourth-order valence-electron chi connectivity index (χ4n) is 2.00. The van der Waals surface area contributed by atoms with E-state index in [1.54, 1.807) is 0 Å². The lowest BCUT2D eigenvalue weighted by molar-refractivity contribution is 0.0697. The Labute approximate surface area is 125 Å². The largest absolute Gasteiger partial charge is 0.478 e. The second-order valence-corrected chi connectivity index (χ2v) is 7.04. The average Bonchev–Trinajstić information content (AvgIpc) is 2.75. The minimum absolute atomic E-state index is 0.0380. The van der Waals surface area contributed by atoms with Crippen LogP contribution in [-0.2, 0) is 10.0 Å². The molecule has 0 spiro atoms. The van der Waals surface area contributed by atoms with E-state index in [-0.39, 0.29) is 23.0 Å². The molecule has 110 valence electrons. The Balaban J connectivity index is 2.53. The summed E-state index contributed by atoms with van der Waals surface area (Å²) in [6, 6.07) is 2.34. The van der Waals surface area contributed by atoms with Crippen molar-refractivity contribution in [2.24, 2.45) is 0 Å². The molecule has 1 aromatic rings. The summed E-state index contributed by atoms with van der Waals surface area (Å²) in [5, 5.41) is 17.9. The second kappa shape index (κ2) is 5.50. The molecule has 1 fully saturated rings. The van der Waals surface area contributed by atoms with Crippen LogP contribution in [0.3, 0.4) is 0 Å². The fourth-order valence-corrected chi connectivity index (χ4v) is 4.38. The van der Waals surface area contributed by atoms with Crippen LogP contribution in [0.1, 0.15) is 16.8 Å². The van der Waals surface area contributed by atoms with Crippen LogP contribution in [0.5, 0.6) is 0 Å². The van der Waals surface area contributed by atoms with Crippen LogP contribution in [0.2, 0.25) is 10.0 Å². The highest BCUT2D eigenvalue weighted by atomic mass is 35.5. The van der Waals surface area contributed by atoms with E-state index in [0.717, 1.165) is 10.4 Å². The molecule has 1 saturated heterocycles. The molecule has 0 radical (unpaired) electrons. The quantitative estimate of drug-likeness (QED) is 0.868. The molecule has 9 heteroatoms. The Morgan fingerprint density at radius 2 is 2.00 bits per heavy atom. The predicted molar refractivity (Wildman–Crippen MR) is 72.8 cm³/mol. The number of β-amino-alcohol motifs (C(OH)–C–C–N with tert-alkyl or cyclic N) is 1. The van der Waals surface area contributed by atoms with Crippen LogP contribution in [0.25, 0.3) is 0 Å². The third-order valence-electron chi connectivity index (χ3n) is 3.01. The third kappa shape index (κ3) is 2.64. The highest BCUT2D eigenvalue weighted by molar-refractivity contribution is 7.89. The Hall–Kier alpha value is -0.860. The van der Waals surface area contributed by atoms with Gasteiger partial charge in [-0.1, -0.05) is 23.2 Å². The lowest BCUT2D eigenvalue weighted by Gasteiger charge is -2.17. The molecule has 1 aliphatic heterocycles. The van der Waals surface area contributed by atoms with Gasteiger partial charge >= 0.3 is 5.97 Å². The predicted octanol–water partition coefficient (Wildman–Crippen LogP) is 1.45. The maximum absolute atomic E-state index is 12.4. The molecule has 6 nitrogen and oxygen atoms in total. The zero-order valence-corrected chi connectivity index (χ0v) is 12.4. The van der Waals surface area contributed by atoms with Gasteiger partial charge in [-0.15, -0.1) is 0 Å². The molecule has 2 rings (SSSR count). The summed E-state index contributed by atoms with van der Waals surface area (Å²) in [6.07, 6.45) is -0.397. The lowest BCUT2D eigenvalue weighted by Crippen LogP contribution is -2.30. The first-order valence-corrected chi connectivity index (χ1v) is 7.84. The Kier molecular flexibility index (Phi) is 4.27. The monoisotopic (exact) mass is 339 g/mol. The molecule has 20 heavy (non-hydrogen) atoms. The highest BCUT2D eigenvalue weighted by Crippen LogP contribution is 2.33. The van der Waals surface area contributed by atoms with Crippen molar-refractivity contribution in [2.75, 3.05) is 13.1 Å². The minimum atomic E-state index is -3.96. The molecule has 0 unspecified atom stereocenters. The number of carboxylic acids is 1. The fraction of sp³-hybridized carbons (Fsp3) is 0.364. The van der Waals surface area contributed by atoms with Crippen molar-refractivity contribution in [1.82, 2.24) is 4.31 Å². The van der Waals surface area contributed by atoms with E-state index >= 15 is 0 Å². The zero-order chi connectivity index (χ0) is 15.1. The number of benzene rings is 1. The summed E-state index contributed by atoms with van der Waals surface area (Å²) in [5.74, 6) is -1.40. The number of aliphatic hydroxyl groups excluding tert-OH is 1. The van der Waals surface area contributed by atoms with Crippen molar-refractivity contribution in [2.45, 2.75) is 17.4 Å². The van der Waals surface area contributed by atoms with E-state index in [0.29, 0.717) is 6.42 Å². The minimum Gasteiger partial charge on any atom is -0.478 e. The Bertz CT molecular complexity index is 661. The molecule has 1 aromatic carbocycles. The SMILES string of the molecule is O=C(O)c1c(Cl)ccc(S(=O)(=O)N2CC[C@@H](O)C2)c1Cl. The van der Waals surface area contributed by atoms with Gasteiger partial charge in [-0.05, 0) is 18.6 Å². The van der Waals surface area contributed by atoms with Gasteiger partial charge in [-0.25, -0.2) is 13.2 Å². The number of nitrogens with zero attached hydrogens (tertiary/aromatic N) is 1. The van der Waals surface area contributed by atoms with E-state index in [2.05, 4.69) is 0 Å². The number of hydrogen-bond acceptors (Lipinski definition) is 4. The first-order chi connectivity index (χ1) is 9.25. The van der Waals surface area contributed by atoms with Crippen LogP contribution in [0, 0.1) is 0 Å². The summed E-state index contributed by atoms with van der Waals surface area (Å²) >= 11 is 11.6. The van der Waals surface area contributed by atoms with E-state index in [9.17, 15) is 18.3 Å². The number of carboxylic acid groups (broad SMARTS) is 1. The number of aliphatic hydroxyl groups is 1.